The Morgan fingerprint density at radius 3 is 2.84 bits per heavy atom. The maximum absolute atomic E-state index is 12.2. The van der Waals surface area contributed by atoms with E-state index in [2.05, 4.69) is 15.0 Å². The smallest absolute Gasteiger partial charge is 0.422 e. The molecule has 2 aromatic heterocycles. The number of nitrogens with one attached hydrogen (secondary N) is 1. The Morgan fingerprint density at radius 2 is 2.16 bits per heavy atom. The molecular formula is C15H14ClF3N2O2S2. The van der Waals surface area contributed by atoms with Gasteiger partial charge in [-0.05, 0) is 18.2 Å². The molecule has 2 rings (SSSR count). The first kappa shape index (κ1) is 19.9. The molecule has 0 unspecified atom stereocenters. The summed E-state index contributed by atoms with van der Waals surface area (Å²) in [6.07, 6.45) is -3.11. The van der Waals surface area contributed by atoms with E-state index in [9.17, 15) is 18.0 Å². The minimum Gasteiger partial charge on any atom is -0.468 e. The Labute approximate surface area is 155 Å². The van der Waals surface area contributed by atoms with Crippen LogP contribution in [0.1, 0.15) is 10.4 Å². The summed E-state index contributed by atoms with van der Waals surface area (Å²) in [4.78, 5) is 16.7. The lowest BCUT2D eigenvalue weighted by Crippen LogP contribution is -2.26. The number of thioether (sulfide) groups is 1. The quantitative estimate of drug-likeness (QED) is 0.705. The van der Waals surface area contributed by atoms with Gasteiger partial charge in [0.2, 0.25) is 11.8 Å². The molecule has 10 heteroatoms. The van der Waals surface area contributed by atoms with E-state index >= 15 is 0 Å². The summed E-state index contributed by atoms with van der Waals surface area (Å²) < 4.78 is 42.1. The molecule has 0 aliphatic carbocycles. The van der Waals surface area contributed by atoms with Gasteiger partial charge in [-0.15, -0.1) is 23.1 Å². The number of nitrogens with zero attached hydrogens (tertiary/aromatic N) is 1. The molecular weight excluding hydrogens is 397 g/mol. The maximum atomic E-state index is 12.2. The van der Waals surface area contributed by atoms with E-state index in [1.165, 1.54) is 29.3 Å². The van der Waals surface area contributed by atoms with Crippen LogP contribution in [0.3, 0.4) is 0 Å². The third kappa shape index (κ3) is 7.54. The van der Waals surface area contributed by atoms with Gasteiger partial charge >= 0.3 is 6.18 Å². The van der Waals surface area contributed by atoms with Crippen LogP contribution < -0.4 is 10.1 Å². The van der Waals surface area contributed by atoms with E-state index in [1.807, 2.05) is 6.07 Å². The molecule has 0 spiro atoms. The van der Waals surface area contributed by atoms with Gasteiger partial charge in [0.15, 0.2) is 6.61 Å². The fraction of sp³-hybridized carbons (Fsp3) is 0.333. The first-order chi connectivity index (χ1) is 11.8. The Balaban J connectivity index is 1.77. The lowest BCUT2D eigenvalue weighted by molar-refractivity contribution is -0.154. The molecule has 25 heavy (non-hydrogen) atoms. The van der Waals surface area contributed by atoms with Crippen LogP contribution in [0.15, 0.2) is 30.5 Å². The number of halogens is 4. The van der Waals surface area contributed by atoms with Gasteiger partial charge in [-0.1, -0.05) is 17.7 Å². The highest BCUT2D eigenvalue weighted by Crippen LogP contribution is 2.25. The second-order valence-electron chi connectivity index (χ2n) is 4.85. The van der Waals surface area contributed by atoms with E-state index in [4.69, 9.17) is 11.6 Å². The molecule has 0 atom stereocenters. The van der Waals surface area contributed by atoms with Crippen molar-refractivity contribution in [2.75, 3.05) is 12.4 Å². The highest BCUT2D eigenvalue weighted by molar-refractivity contribution is 7.99. The molecule has 0 saturated heterocycles. The van der Waals surface area contributed by atoms with Gasteiger partial charge in [0, 0.05) is 28.9 Å². The Bertz CT molecular complexity index is 710. The largest absolute Gasteiger partial charge is 0.468 e. The highest BCUT2D eigenvalue weighted by atomic mass is 35.5. The molecule has 0 aliphatic heterocycles. The van der Waals surface area contributed by atoms with Crippen molar-refractivity contribution in [3.63, 3.8) is 0 Å². The second kappa shape index (κ2) is 9.30. The van der Waals surface area contributed by atoms with Crippen molar-refractivity contribution in [1.82, 2.24) is 10.3 Å². The number of carbonyl (C=O) groups excluding carboxylic acids is 1. The predicted molar refractivity (Wildman–Crippen MR) is 93.1 cm³/mol. The lowest BCUT2D eigenvalue weighted by atomic mass is 10.2. The van der Waals surface area contributed by atoms with Crippen molar-refractivity contribution in [1.29, 1.82) is 0 Å². The average Bonchev–Trinajstić information content (AvgIpc) is 2.96. The lowest BCUT2D eigenvalue weighted by Gasteiger charge is -2.12. The molecule has 0 bridgehead atoms. The van der Waals surface area contributed by atoms with Gasteiger partial charge < -0.3 is 10.1 Å². The summed E-state index contributed by atoms with van der Waals surface area (Å²) in [7, 11) is 0. The standard InChI is InChI=1S/C15H14ClF3N2O2S2/c16-12-4-3-11(25-12)7-24-8-13(22)21-6-10-2-1-5-20-14(10)23-9-15(17,18)19/h1-5H,6-9H2,(H,21,22). The SMILES string of the molecule is O=C(CSCc1ccc(Cl)s1)NCc1cccnc1OCC(F)(F)F. The second-order valence-corrected chi connectivity index (χ2v) is 7.63. The van der Waals surface area contributed by atoms with Gasteiger partial charge in [-0.25, -0.2) is 4.98 Å². The van der Waals surface area contributed by atoms with Crippen molar-refractivity contribution >= 4 is 40.6 Å². The van der Waals surface area contributed by atoms with Crippen LogP contribution in [-0.2, 0) is 17.1 Å². The van der Waals surface area contributed by atoms with E-state index < -0.39 is 12.8 Å². The van der Waals surface area contributed by atoms with E-state index in [0.717, 1.165) is 4.88 Å². The number of alkyl halides is 3. The Morgan fingerprint density at radius 1 is 1.36 bits per heavy atom. The number of hydrogen-bond acceptors (Lipinski definition) is 5. The first-order valence-corrected chi connectivity index (χ1v) is 9.40. The summed E-state index contributed by atoms with van der Waals surface area (Å²) in [5.74, 6) is 0.533. The van der Waals surface area contributed by atoms with Crippen LogP contribution in [0.4, 0.5) is 13.2 Å². The van der Waals surface area contributed by atoms with Gasteiger partial charge in [0.25, 0.3) is 0 Å². The van der Waals surface area contributed by atoms with Crippen molar-refractivity contribution < 1.29 is 22.7 Å². The predicted octanol–water partition coefficient (Wildman–Crippen LogP) is 4.29. The zero-order chi connectivity index (χ0) is 18.3. The minimum absolute atomic E-state index is 0.0469. The number of pyridine rings is 1. The molecule has 0 radical (unpaired) electrons. The fourth-order valence-corrected chi connectivity index (χ4v) is 3.81. The number of thiophene rings is 1. The van der Waals surface area contributed by atoms with Crippen molar-refractivity contribution in [2.45, 2.75) is 18.5 Å². The number of rotatable bonds is 8. The summed E-state index contributed by atoms with van der Waals surface area (Å²) in [6, 6.07) is 6.82. The highest BCUT2D eigenvalue weighted by Gasteiger charge is 2.29. The van der Waals surface area contributed by atoms with Crippen LogP contribution in [0, 0.1) is 0 Å². The van der Waals surface area contributed by atoms with Crippen molar-refractivity contribution in [3.05, 3.63) is 45.2 Å². The van der Waals surface area contributed by atoms with Gasteiger partial charge in [0.05, 0.1) is 10.1 Å². The van der Waals surface area contributed by atoms with Crippen LogP contribution >= 0.6 is 34.7 Å². The summed E-state index contributed by atoms with van der Waals surface area (Å²) in [5, 5.41) is 2.64. The van der Waals surface area contributed by atoms with Gasteiger partial charge in [-0.2, -0.15) is 13.2 Å². The third-order valence-electron chi connectivity index (χ3n) is 2.80. The van der Waals surface area contributed by atoms with Crippen LogP contribution in [0.2, 0.25) is 4.34 Å². The minimum atomic E-state index is -4.45. The number of ether oxygens (including phenoxy) is 1. The van der Waals surface area contributed by atoms with E-state index in [0.29, 0.717) is 15.7 Å². The molecule has 136 valence electrons. The number of carbonyl (C=O) groups is 1. The molecule has 2 heterocycles. The van der Waals surface area contributed by atoms with Crippen LogP contribution in [0.5, 0.6) is 5.88 Å². The van der Waals surface area contributed by atoms with E-state index in [-0.39, 0.29) is 24.1 Å². The Kier molecular flexibility index (Phi) is 7.39. The summed E-state index contributed by atoms with van der Waals surface area (Å²) >= 11 is 8.71. The van der Waals surface area contributed by atoms with Crippen LogP contribution in [0.25, 0.3) is 0 Å². The molecule has 0 aromatic carbocycles. The van der Waals surface area contributed by atoms with Crippen LogP contribution in [-0.4, -0.2) is 29.4 Å². The molecule has 2 aromatic rings. The first-order valence-electron chi connectivity index (χ1n) is 7.05. The Hall–Kier alpha value is -1.45. The topological polar surface area (TPSA) is 51.2 Å². The monoisotopic (exact) mass is 410 g/mol. The molecule has 1 amide bonds. The average molecular weight is 411 g/mol. The summed E-state index contributed by atoms with van der Waals surface area (Å²) in [6.45, 7) is -1.38. The zero-order valence-corrected chi connectivity index (χ0v) is 15.2. The van der Waals surface area contributed by atoms with Gasteiger partial charge in [0.1, 0.15) is 0 Å². The number of amides is 1. The fourth-order valence-electron chi connectivity index (χ4n) is 1.76. The number of aromatic nitrogens is 1. The molecule has 1 N–H and O–H groups in total. The van der Waals surface area contributed by atoms with Crippen molar-refractivity contribution in [2.24, 2.45) is 0 Å². The molecule has 4 nitrogen and oxygen atoms in total. The normalized spacial score (nSPS) is 11.4. The van der Waals surface area contributed by atoms with E-state index in [1.54, 1.807) is 18.2 Å². The molecule has 0 fully saturated rings. The van der Waals surface area contributed by atoms with Crippen molar-refractivity contribution in [3.8, 4) is 5.88 Å². The van der Waals surface area contributed by atoms with Gasteiger partial charge in [-0.3, -0.25) is 4.79 Å². The molecule has 0 aliphatic rings. The third-order valence-corrected chi connectivity index (χ3v) is 5.20. The number of hydrogen-bond donors (Lipinski definition) is 1. The molecule has 0 saturated carbocycles. The summed E-state index contributed by atoms with van der Waals surface area (Å²) in [5.41, 5.74) is 0.384. The maximum Gasteiger partial charge on any atom is 0.422 e. The zero-order valence-electron chi connectivity index (χ0n) is 12.8.